The van der Waals surface area contributed by atoms with Crippen molar-refractivity contribution in [2.75, 3.05) is 23.4 Å². The molecule has 2 aromatic rings. The standard InChI is InChI=1S/C19H19FN2O3S/c20-13-5-7-14(8-6-13)21-18(23)11-26-12-19(24)22-16-9-10-25-17-4-2-1-3-15(16)17/h1-8,16H,9-12H2,(H,21,23)(H,22,24)/t16-/m0/s1. The molecule has 0 saturated carbocycles. The summed E-state index contributed by atoms with van der Waals surface area (Å²) in [5.74, 6) is 0.433. The minimum atomic E-state index is -0.358. The van der Waals surface area contributed by atoms with Gasteiger partial charge in [-0.15, -0.1) is 11.8 Å². The van der Waals surface area contributed by atoms with E-state index in [1.165, 1.54) is 36.0 Å². The van der Waals surface area contributed by atoms with Gasteiger partial charge in [0.05, 0.1) is 24.2 Å². The summed E-state index contributed by atoms with van der Waals surface area (Å²) in [6.45, 7) is 0.565. The summed E-state index contributed by atoms with van der Waals surface area (Å²) < 4.78 is 18.4. The maximum atomic E-state index is 12.8. The van der Waals surface area contributed by atoms with E-state index in [0.717, 1.165) is 17.7 Å². The first kappa shape index (κ1) is 18.3. The molecule has 0 radical (unpaired) electrons. The van der Waals surface area contributed by atoms with Gasteiger partial charge in [0.1, 0.15) is 11.6 Å². The SMILES string of the molecule is O=C(CSCC(=O)N[C@H]1CCOc2ccccc21)Nc1ccc(F)cc1. The highest BCUT2D eigenvalue weighted by Gasteiger charge is 2.22. The molecule has 0 fully saturated rings. The van der Waals surface area contributed by atoms with E-state index >= 15 is 0 Å². The summed E-state index contributed by atoms with van der Waals surface area (Å²) in [5, 5.41) is 5.65. The molecule has 0 aromatic heterocycles. The summed E-state index contributed by atoms with van der Waals surface area (Å²) in [5.41, 5.74) is 1.51. The minimum absolute atomic E-state index is 0.0684. The number of ether oxygens (including phenoxy) is 1. The van der Waals surface area contributed by atoms with E-state index in [9.17, 15) is 14.0 Å². The van der Waals surface area contributed by atoms with E-state index in [0.29, 0.717) is 12.3 Å². The van der Waals surface area contributed by atoms with Gasteiger partial charge in [-0.3, -0.25) is 9.59 Å². The number of fused-ring (bicyclic) bond motifs is 1. The number of carbonyl (C=O) groups is 2. The highest BCUT2D eigenvalue weighted by molar-refractivity contribution is 8.00. The molecule has 1 aliphatic rings. The van der Waals surface area contributed by atoms with Crippen LogP contribution in [0.4, 0.5) is 10.1 Å². The molecule has 0 unspecified atom stereocenters. The van der Waals surface area contributed by atoms with Crippen LogP contribution in [0.1, 0.15) is 18.0 Å². The Labute approximate surface area is 155 Å². The van der Waals surface area contributed by atoms with Gasteiger partial charge < -0.3 is 15.4 Å². The fourth-order valence-electron chi connectivity index (χ4n) is 2.69. The molecule has 26 heavy (non-hydrogen) atoms. The molecule has 2 amide bonds. The zero-order valence-corrected chi connectivity index (χ0v) is 14.9. The molecular weight excluding hydrogens is 355 g/mol. The lowest BCUT2D eigenvalue weighted by Crippen LogP contribution is -2.33. The number of hydrogen-bond donors (Lipinski definition) is 2. The molecule has 2 N–H and O–H groups in total. The van der Waals surface area contributed by atoms with Crippen LogP contribution in [0.3, 0.4) is 0 Å². The van der Waals surface area contributed by atoms with Gasteiger partial charge in [-0.2, -0.15) is 0 Å². The fraction of sp³-hybridized carbons (Fsp3) is 0.263. The Morgan fingerprint density at radius 1 is 1.08 bits per heavy atom. The molecule has 1 heterocycles. The van der Waals surface area contributed by atoms with Crippen LogP contribution in [-0.4, -0.2) is 29.9 Å². The first-order chi connectivity index (χ1) is 12.6. The van der Waals surface area contributed by atoms with E-state index in [2.05, 4.69) is 10.6 Å². The third-order valence-corrected chi connectivity index (χ3v) is 4.82. The Balaban J connectivity index is 1.42. The number of para-hydroxylation sites is 1. The Kier molecular flexibility index (Phi) is 6.12. The van der Waals surface area contributed by atoms with Crippen molar-refractivity contribution in [3.63, 3.8) is 0 Å². The summed E-state index contributed by atoms with van der Waals surface area (Å²) >= 11 is 1.23. The van der Waals surface area contributed by atoms with Gasteiger partial charge in [0.2, 0.25) is 11.8 Å². The number of hydrogen-bond acceptors (Lipinski definition) is 4. The second kappa shape index (κ2) is 8.71. The van der Waals surface area contributed by atoms with Crippen molar-refractivity contribution in [1.29, 1.82) is 0 Å². The highest BCUT2D eigenvalue weighted by atomic mass is 32.2. The van der Waals surface area contributed by atoms with Crippen LogP contribution in [-0.2, 0) is 9.59 Å². The average Bonchev–Trinajstić information content (AvgIpc) is 2.64. The molecule has 2 aromatic carbocycles. The van der Waals surface area contributed by atoms with Crippen LogP contribution in [0.15, 0.2) is 48.5 Å². The number of carbonyl (C=O) groups excluding carboxylic acids is 2. The fourth-order valence-corrected chi connectivity index (χ4v) is 3.32. The van der Waals surface area contributed by atoms with Gasteiger partial charge >= 0.3 is 0 Å². The van der Waals surface area contributed by atoms with Crippen LogP contribution in [0.25, 0.3) is 0 Å². The number of thioether (sulfide) groups is 1. The maximum absolute atomic E-state index is 12.8. The van der Waals surface area contributed by atoms with Crippen molar-refractivity contribution in [3.05, 3.63) is 59.9 Å². The number of halogens is 1. The third kappa shape index (κ3) is 4.98. The first-order valence-electron chi connectivity index (χ1n) is 8.26. The number of anilines is 1. The lowest BCUT2D eigenvalue weighted by atomic mass is 10.0. The topological polar surface area (TPSA) is 67.4 Å². The number of benzene rings is 2. The molecule has 0 spiro atoms. The van der Waals surface area contributed by atoms with E-state index in [-0.39, 0.29) is 35.2 Å². The average molecular weight is 374 g/mol. The highest BCUT2D eigenvalue weighted by Crippen LogP contribution is 2.31. The van der Waals surface area contributed by atoms with Gasteiger partial charge in [0.25, 0.3) is 0 Å². The van der Waals surface area contributed by atoms with Gasteiger partial charge in [0.15, 0.2) is 0 Å². The van der Waals surface area contributed by atoms with Crippen LogP contribution >= 0.6 is 11.8 Å². The number of nitrogens with one attached hydrogen (secondary N) is 2. The third-order valence-electron chi connectivity index (χ3n) is 3.89. The van der Waals surface area contributed by atoms with Crippen molar-refractivity contribution in [3.8, 4) is 5.75 Å². The monoisotopic (exact) mass is 374 g/mol. The van der Waals surface area contributed by atoms with Crippen LogP contribution in [0.5, 0.6) is 5.75 Å². The molecule has 0 saturated heterocycles. The zero-order chi connectivity index (χ0) is 18.4. The van der Waals surface area contributed by atoms with Crippen LogP contribution in [0.2, 0.25) is 0 Å². The number of rotatable bonds is 6. The van der Waals surface area contributed by atoms with Crippen molar-refractivity contribution in [1.82, 2.24) is 5.32 Å². The van der Waals surface area contributed by atoms with Gasteiger partial charge in [-0.25, -0.2) is 4.39 Å². The molecular formula is C19H19FN2O3S. The maximum Gasteiger partial charge on any atom is 0.234 e. The molecule has 5 nitrogen and oxygen atoms in total. The molecule has 7 heteroatoms. The van der Waals surface area contributed by atoms with Gasteiger partial charge in [-0.05, 0) is 30.3 Å². The van der Waals surface area contributed by atoms with Crippen molar-refractivity contribution < 1.29 is 18.7 Å². The van der Waals surface area contributed by atoms with Crippen LogP contribution in [0, 0.1) is 5.82 Å². The summed E-state index contributed by atoms with van der Waals surface area (Å²) in [4.78, 5) is 24.0. The molecule has 1 atom stereocenters. The molecule has 0 bridgehead atoms. The molecule has 3 rings (SSSR count). The Bertz CT molecular complexity index is 783. The molecule has 136 valence electrons. The second-order valence-electron chi connectivity index (χ2n) is 5.84. The lowest BCUT2D eigenvalue weighted by Gasteiger charge is -2.26. The van der Waals surface area contributed by atoms with Crippen molar-refractivity contribution >= 4 is 29.3 Å². The van der Waals surface area contributed by atoms with Crippen LogP contribution < -0.4 is 15.4 Å². The largest absolute Gasteiger partial charge is 0.493 e. The van der Waals surface area contributed by atoms with Crippen molar-refractivity contribution in [2.24, 2.45) is 0 Å². The van der Waals surface area contributed by atoms with Crippen molar-refractivity contribution in [2.45, 2.75) is 12.5 Å². The quantitative estimate of drug-likeness (QED) is 0.815. The Morgan fingerprint density at radius 3 is 2.62 bits per heavy atom. The van der Waals surface area contributed by atoms with E-state index in [1.54, 1.807) is 0 Å². The predicted octanol–water partition coefficient (Wildman–Crippen LogP) is 3.14. The summed E-state index contributed by atoms with van der Waals surface area (Å²) in [6, 6.07) is 13.1. The Morgan fingerprint density at radius 2 is 1.81 bits per heavy atom. The first-order valence-corrected chi connectivity index (χ1v) is 9.41. The second-order valence-corrected chi connectivity index (χ2v) is 6.83. The Hall–Kier alpha value is -2.54. The normalized spacial score (nSPS) is 15.5. The summed E-state index contributed by atoms with van der Waals surface area (Å²) in [7, 11) is 0. The summed E-state index contributed by atoms with van der Waals surface area (Å²) in [6.07, 6.45) is 0.721. The lowest BCUT2D eigenvalue weighted by molar-refractivity contribution is -0.119. The van der Waals surface area contributed by atoms with E-state index < -0.39 is 0 Å². The van der Waals surface area contributed by atoms with Gasteiger partial charge in [-0.1, -0.05) is 18.2 Å². The smallest absolute Gasteiger partial charge is 0.234 e. The van der Waals surface area contributed by atoms with E-state index in [1.807, 2.05) is 24.3 Å². The van der Waals surface area contributed by atoms with E-state index in [4.69, 9.17) is 4.74 Å². The number of amides is 2. The molecule has 0 aliphatic carbocycles. The minimum Gasteiger partial charge on any atom is -0.493 e. The molecule has 1 aliphatic heterocycles. The predicted molar refractivity (Wildman–Crippen MR) is 99.8 cm³/mol. The van der Waals surface area contributed by atoms with Gasteiger partial charge in [0, 0.05) is 17.7 Å². The zero-order valence-electron chi connectivity index (χ0n) is 14.0.